The molecule has 0 amide bonds. The van der Waals surface area contributed by atoms with Crippen molar-refractivity contribution < 1.29 is 4.74 Å². The van der Waals surface area contributed by atoms with Crippen LogP contribution in [0.15, 0.2) is 12.3 Å². The molecule has 1 aliphatic rings. The van der Waals surface area contributed by atoms with Crippen LogP contribution in [0.4, 0.5) is 0 Å². The minimum atomic E-state index is 0.397. The van der Waals surface area contributed by atoms with Gasteiger partial charge in [-0.2, -0.15) is 0 Å². The highest BCUT2D eigenvalue weighted by Crippen LogP contribution is 2.33. The molecule has 0 aromatic carbocycles. The van der Waals surface area contributed by atoms with Crippen molar-refractivity contribution in [2.45, 2.75) is 25.3 Å². The molecule has 1 N–H and O–H groups in total. The van der Waals surface area contributed by atoms with E-state index in [1.807, 2.05) is 19.3 Å². The Kier molecular flexibility index (Phi) is 2.68. The molecule has 0 saturated heterocycles. The zero-order valence-corrected chi connectivity index (χ0v) is 8.71. The Morgan fingerprint density at radius 3 is 3.14 bits per heavy atom. The molecule has 0 saturated carbocycles. The third kappa shape index (κ3) is 1.48. The minimum absolute atomic E-state index is 0.397. The second-order valence-corrected chi connectivity index (χ2v) is 3.61. The Bertz CT molecular complexity index is 325. The van der Waals surface area contributed by atoms with Gasteiger partial charge < -0.3 is 10.1 Å². The summed E-state index contributed by atoms with van der Waals surface area (Å²) in [4.78, 5) is 4.44. The van der Waals surface area contributed by atoms with E-state index >= 15 is 0 Å². The highest BCUT2D eigenvalue weighted by atomic mass is 16.5. The first-order valence-electron chi connectivity index (χ1n) is 5.06. The summed E-state index contributed by atoms with van der Waals surface area (Å²) in [6, 6.07) is 2.34. The fraction of sp³-hybridized carbons (Fsp3) is 0.545. The van der Waals surface area contributed by atoms with Gasteiger partial charge in [0.2, 0.25) is 0 Å². The lowest BCUT2D eigenvalue weighted by molar-refractivity contribution is 0.396. The van der Waals surface area contributed by atoms with Crippen LogP contribution in [0.25, 0.3) is 0 Å². The second-order valence-electron chi connectivity index (χ2n) is 3.61. The average molecular weight is 192 g/mol. The predicted octanol–water partition coefficient (Wildman–Crippen LogP) is 1.69. The van der Waals surface area contributed by atoms with E-state index in [1.165, 1.54) is 18.4 Å². The van der Waals surface area contributed by atoms with Crippen molar-refractivity contribution >= 4 is 0 Å². The van der Waals surface area contributed by atoms with Crippen molar-refractivity contribution in [2.75, 3.05) is 14.2 Å². The number of nitrogens with one attached hydrogen (secondary N) is 1. The summed E-state index contributed by atoms with van der Waals surface area (Å²) in [5, 5.41) is 3.29. The van der Waals surface area contributed by atoms with Crippen LogP contribution in [-0.4, -0.2) is 19.1 Å². The van der Waals surface area contributed by atoms with Gasteiger partial charge in [-0.25, -0.2) is 0 Å². The largest absolute Gasteiger partial charge is 0.496 e. The molecular formula is C11H16N2O. The van der Waals surface area contributed by atoms with Crippen LogP contribution in [0.3, 0.4) is 0 Å². The smallest absolute Gasteiger partial charge is 0.125 e. The molecule has 1 aliphatic carbocycles. The average Bonchev–Trinajstić information content (AvgIpc) is 2.27. The molecular weight excluding hydrogens is 176 g/mol. The van der Waals surface area contributed by atoms with Crippen molar-refractivity contribution in [2.24, 2.45) is 0 Å². The van der Waals surface area contributed by atoms with Gasteiger partial charge in [-0.15, -0.1) is 0 Å². The maximum atomic E-state index is 5.34. The standard InChI is InChI=1S/C11H16N2O/c1-12-9-5-3-4-8-10(14-2)6-7-13-11(8)9/h6-7,9,12H,3-5H2,1-2H3/t9-/m0/s1. The third-order valence-electron chi connectivity index (χ3n) is 2.86. The molecule has 0 spiro atoms. The van der Waals surface area contributed by atoms with E-state index in [4.69, 9.17) is 4.74 Å². The van der Waals surface area contributed by atoms with Crippen LogP contribution in [-0.2, 0) is 6.42 Å². The first-order valence-corrected chi connectivity index (χ1v) is 5.06. The van der Waals surface area contributed by atoms with E-state index in [2.05, 4.69) is 10.3 Å². The van der Waals surface area contributed by atoms with E-state index in [-0.39, 0.29) is 0 Å². The van der Waals surface area contributed by atoms with Gasteiger partial charge in [0.05, 0.1) is 12.8 Å². The number of pyridine rings is 1. The lowest BCUT2D eigenvalue weighted by atomic mass is 9.91. The van der Waals surface area contributed by atoms with Crippen molar-refractivity contribution in [3.8, 4) is 5.75 Å². The Balaban J connectivity index is 2.43. The molecule has 3 heteroatoms. The molecule has 1 aromatic rings. The summed E-state index contributed by atoms with van der Waals surface area (Å²) in [6.07, 6.45) is 5.29. The fourth-order valence-corrected chi connectivity index (χ4v) is 2.13. The summed E-state index contributed by atoms with van der Waals surface area (Å²) in [5.41, 5.74) is 2.44. The quantitative estimate of drug-likeness (QED) is 0.774. The zero-order valence-electron chi connectivity index (χ0n) is 8.71. The lowest BCUT2D eigenvalue weighted by Crippen LogP contribution is -2.23. The van der Waals surface area contributed by atoms with Crippen molar-refractivity contribution in [3.63, 3.8) is 0 Å². The first-order chi connectivity index (χ1) is 6.86. The Labute approximate surface area is 84.5 Å². The van der Waals surface area contributed by atoms with E-state index < -0.39 is 0 Å². The van der Waals surface area contributed by atoms with Gasteiger partial charge in [0, 0.05) is 17.8 Å². The highest BCUT2D eigenvalue weighted by molar-refractivity contribution is 5.38. The van der Waals surface area contributed by atoms with Gasteiger partial charge in [-0.1, -0.05) is 0 Å². The molecule has 1 heterocycles. The summed E-state index contributed by atoms with van der Waals surface area (Å²) >= 11 is 0. The van der Waals surface area contributed by atoms with Gasteiger partial charge in [0.25, 0.3) is 0 Å². The van der Waals surface area contributed by atoms with Crippen molar-refractivity contribution in [1.82, 2.24) is 10.3 Å². The Morgan fingerprint density at radius 2 is 2.43 bits per heavy atom. The minimum Gasteiger partial charge on any atom is -0.496 e. The molecule has 0 aliphatic heterocycles. The van der Waals surface area contributed by atoms with Gasteiger partial charge in [0.15, 0.2) is 0 Å². The monoisotopic (exact) mass is 192 g/mol. The predicted molar refractivity (Wildman–Crippen MR) is 55.5 cm³/mol. The maximum Gasteiger partial charge on any atom is 0.125 e. The topological polar surface area (TPSA) is 34.1 Å². The SMILES string of the molecule is CN[C@H]1CCCc2c(OC)ccnc21. The highest BCUT2D eigenvalue weighted by Gasteiger charge is 2.22. The fourth-order valence-electron chi connectivity index (χ4n) is 2.13. The van der Waals surface area contributed by atoms with Crippen LogP contribution in [0.2, 0.25) is 0 Å². The summed E-state index contributed by atoms with van der Waals surface area (Å²) in [5.74, 6) is 0.981. The number of rotatable bonds is 2. The number of nitrogens with zero attached hydrogens (tertiary/aromatic N) is 1. The van der Waals surface area contributed by atoms with Crippen molar-refractivity contribution in [3.05, 3.63) is 23.5 Å². The zero-order chi connectivity index (χ0) is 9.97. The van der Waals surface area contributed by atoms with Crippen LogP contribution in [0.5, 0.6) is 5.75 Å². The number of fused-ring (bicyclic) bond motifs is 1. The molecule has 3 nitrogen and oxygen atoms in total. The molecule has 0 bridgehead atoms. The number of hydrogen-bond donors (Lipinski definition) is 1. The Morgan fingerprint density at radius 1 is 1.57 bits per heavy atom. The van der Waals surface area contributed by atoms with E-state index in [0.29, 0.717) is 6.04 Å². The third-order valence-corrected chi connectivity index (χ3v) is 2.86. The van der Waals surface area contributed by atoms with Crippen LogP contribution in [0, 0.1) is 0 Å². The van der Waals surface area contributed by atoms with Crippen LogP contribution >= 0.6 is 0 Å². The first kappa shape index (κ1) is 9.46. The number of hydrogen-bond acceptors (Lipinski definition) is 3. The van der Waals surface area contributed by atoms with E-state index in [1.54, 1.807) is 7.11 Å². The number of aromatic nitrogens is 1. The molecule has 76 valence electrons. The maximum absolute atomic E-state index is 5.34. The lowest BCUT2D eigenvalue weighted by Gasteiger charge is -2.25. The van der Waals surface area contributed by atoms with Crippen LogP contribution < -0.4 is 10.1 Å². The summed E-state index contributed by atoms with van der Waals surface area (Å²) in [6.45, 7) is 0. The molecule has 2 rings (SSSR count). The summed E-state index contributed by atoms with van der Waals surface area (Å²) in [7, 11) is 3.71. The molecule has 0 unspecified atom stereocenters. The van der Waals surface area contributed by atoms with Gasteiger partial charge in [-0.05, 0) is 32.4 Å². The second kappa shape index (κ2) is 3.96. The van der Waals surface area contributed by atoms with Gasteiger partial charge in [-0.3, -0.25) is 4.98 Å². The van der Waals surface area contributed by atoms with E-state index in [9.17, 15) is 0 Å². The normalized spacial score (nSPS) is 20.3. The number of methoxy groups -OCH3 is 1. The molecule has 0 radical (unpaired) electrons. The molecule has 14 heavy (non-hydrogen) atoms. The summed E-state index contributed by atoms with van der Waals surface area (Å²) < 4.78 is 5.34. The van der Waals surface area contributed by atoms with Crippen molar-refractivity contribution in [1.29, 1.82) is 0 Å². The Hall–Kier alpha value is -1.09. The number of ether oxygens (including phenoxy) is 1. The molecule has 1 aromatic heterocycles. The molecule has 0 fully saturated rings. The van der Waals surface area contributed by atoms with E-state index in [0.717, 1.165) is 17.9 Å². The van der Waals surface area contributed by atoms with Crippen LogP contribution in [0.1, 0.15) is 30.1 Å². The van der Waals surface area contributed by atoms with Gasteiger partial charge in [0.1, 0.15) is 5.75 Å². The molecule has 1 atom stereocenters. The van der Waals surface area contributed by atoms with Gasteiger partial charge >= 0.3 is 0 Å².